The van der Waals surface area contributed by atoms with Crippen molar-refractivity contribution in [2.24, 2.45) is 0 Å². The van der Waals surface area contributed by atoms with Crippen LogP contribution in [0.4, 0.5) is 10.1 Å². The molecule has 0 bridgehead atoms. The largest absolute Gasteiger partial charge is 0.394 e. The first kappa shape index (κ1) is 30.6. The van der Waals surface area contributed by atoms with Crippen LogP contribution < -0.4 is 4.90 Å². The number of halogens is 4. The van der Waals surface area contributed by atoms with Crippen molar-refractivity contribution in [1.29, 1.82) is 5.26 Å². The van der Waals surface area contributed by atoms with Crippen LogP contribution in [0, 0.1) is 17.1 Å². The molecule has 2 fully saturated rings. The number of anilines is 1. The van der Waals surface area contributed by atoms with Gasteiger partial charge in [-0.3, -0.25) is 4.79 Å². The number of carbonyl (C=O) groups is 1. The van der Waals surface area contributed by atoms with Gasteiger partial charge in [-0.2, -0.15) is 5.26 Å². The molecule has 7 atom stereocenters. The standard InChI is InChI=1S/C27H25Cl3FN5O6/c1-41-25-23(35-10-18(33-34-35)13-6-16(29)22(30)17(31)7-13)24(39)21(11-37)42-26(25)27(40)36(19-2-3-20(19)38)15-5-12(9-32)4-14(28)8-15/h4-8,10,19-21,23-26,37-39H,2-3,11H2,1H3/t19-,20-,21-,23+,24+,25-,26-/m1/s1. The van der Waals surface area contributed by atoms with E-state index in [1.807, 2.05) is 6.07 Å². The Morgan fingerprint density at radius 1 is 1.24 bits per heavy atom. The van der Waals surface area contributed by atoms with E-state index in [-0.39, 0.29) is 37.6 Å². The Labute approximate surface area is 254 Å². The molecule has 2 aliphatic rings. The minimum Gasteiger partial charge on any atom is -0.394 e. The first-order chi connectivity index (χ1) is 20.1. The number of aliphatic hydroxyl groups excluding tert-OH is 3. The number of methoxy groups -OCH3 is 1. The van der Waals surface area contributed by atoms with E-state index >= 15 is 0 Å². The van der Waals surface area contributed by atoms with Crippen molar-refractivity contribution in [1.82, 2.24) is 15.0 Å². The molecule has 222 valence electrons. The predicted molar refractivity (Wildman–Crippen MR) is 150 cm³/mol. The maximum atomic E-state index is 14.3. The zero-order valence-electron chi connectivity index (χ0n) is 21.9. The van der Waals surface area contributed by atoms with Crippen LogP contribution >= 0.6 is 34.8 Å². The summed E-state index contributed by atoms with van der Waals surface area (Å²) in [5.41, 5.74) is 0.910. The summed E-state index contributed by atoms with van der Waals surface area (Å²) in [5.74, 6) is -1.42. The molecule has 1 aliphatic heterocycles. The molecule has 42 heavy (non-hydrogen) atoms. The number of amides is 1. The highest BCUT2D eigenvalue weighted by atomic mass is 35.5. The van der Waals surface area contributed by atoms with Crippen molar-refractivity contribution in [3.8, 4) is 17.3 Å². The van der Waals surface area contributed by atoms with Crippen molar-refractivity contribution in [3.63, 3.8) is 0 Å². The highest BCUT2D eigenvalue weighted by Gasteiger charge is 2.52. The second-order valence-corrected chi connectivity index (χ2v) is 11.2. The van der Waals surface area contributed by atoms with Gasteiger partial charge in [0.25, 0.3) is 5.91 Å². The van der Waals surface area contributed by atoms with Crippen molar-refractivity contribution >= 4 is 46.4 Å². The van der Waals surface area contributed by atoms with E-state index in [4.69, 9.17) is 44.3 Å². The summed E-state index contributed by atoms with van der Waals surface area (Å²) in [6.07, 6.45) is -3.76. The molecule has 15 heteroatoms. The molecule has 1 saturated heterocycles. The predicted octanol–water partition coefficient (Wildman–Crippen LogP) is 3.15. The van der Waals surface area contributed by atoms with Crippen molar-refractivity contribution in [2.75, 3.05) is 18.6 Å². The third-order valence-corrected chi connectivity index (χ3v) is 8.54. The number of aromatic nitrogens is 3. The number of benzene rings is 2. The van der Waals surface area contributed by atoms with Crippen LogP contribution in [0.5, 0.6) is 0 Å². The van der Waals surface area contributed by atoms with Crippen molar-refractivity contribution in [2.45, 2.75) is 55.4 Å². The summed E-state index contributed by atoms with van der Waals surface area (Å²) < 4.78 is 27.1. The van der Waals surface area contributed by atoms with Crippen LogP contribution in [0.15, 0.2) is 36.5 Å². The monoisotopic (exact) mass is 639 g/mol. The molecule has 5 rings (SSSR count). The summed E-state index contributed by atoms with van der Waals surface area (Å²) in [4.78, 5) is 15.6. The fourth-order valence-electron chi connectivity index (χ4n) is 5.28. The Kier molecular flexibility index (Phi) is 9.03. The second-order valence-electron chi connectivity index (χ2n) is 10.0. The number of hydrogen-bond donors (Lipinski definition) is 3. The van der Waals surface area contributed by atoms with Crippen LogP contribution in [0.25, 0.3) is 11.3 Å². The minimum absolute atomic E-state index is 0.0352. The Balaban J connectivity index is 1.54. The molecule has 1 saturated carbocycles. The Morgan fingerprint density at radius 3 is 2.60 bits per heavy atom. The summed E-state index contributed by atoms with van der Waals surface area (Å²) >= 11 is 18.1. The third kappa shape index (κ3) is 5.59. The molecule has 0 unspecified atom stereocenters. The number of nitriles is 1. The minimum atomic E-state index is -1.41. The van der Waals surface area contributed by atoms with Gasteiger partial charge in [0, 0.05) is 23.4 Å². The number of ether oxygens (including phenoxy) is 2. The van der Waals surface area contributed by atoms with E-state index < -0.39 is 60.9 Å². The first-order valence-corrected chi connectivity index (χ1v) is 14.0. The number of rotatable bonds is 7. The number of hydrogen-bond acceptors (Lipinski definition) is 9. The molecular weight excluding hydrogens is 616 g/mol. The summed E-state index contributed by atoms with van der Waals surface area (Å²) in [6.45, 7) is -0.654. The van der Waals surface area contributed by atoms with Gasteiger partial charge in [-0.1, -0.05) is 40.0 Å². The molecule has 11 nitrogen and oxygen atoms in total. The molecule has 1 aromatic heterocycles. The lowest BCUT2D eigenvalue weighted by Gasteiger charge is -2.47. The Hall–Kier alpha value is -2.86. The second kappa shape index (κ2) is 12.4. The number of aliphatic hydroxyl groups is 3. The van der Waals surface area contributed by atoms with Gasteiger partial charge in [0.1, 0.15) is 35.9 Å². The third-order valence-electron chi connectivity index (χ3n) is 7.54. The molecule has 3 N–H and O–H groups in total. The molecule has 0 spiro atoms. The molecule has 3 aromatic rings. The van der Waals surface area contributed by atoms with Crippen LogP contribution in [0.3, 0.4) is 0 Å². The van der Waals surface area contributed by atoms with E-state index in [0.29, 0.717) is 12.8 Å². The fourth-order valence-corrected chi connectivity index (χ4v) is 5.83. The van der Waals surface area contributed by atoms with Gasteiger partial charge in [-0.05, 0) is 43.2 Å². The highest BCUT2D eigenvalue weighted by Crippen LogP contribution is 2.38. The fraction of sp³-hybridized carbons (Fsp3) is 0.407. The number of carbonyl (C=O) groups excluding carboxylic acids is 1. The summed E-state index contributed by atoms with van der Waals surface area (Å²) in [7, 11) is 1.31. The van der Waals surface area contributed by atoms with Gasteiger partial charge in [-0.15, -0.1) is 5.10 Å². The smallest absolute Gasteiger partial charge is 0.259 e. The van der Waals surface area contributed by atoms with Gasteiger partial charge in [-0.25, -0.2) is 9.07 Å². The zero-order valence-corrected chi connectivity index (χ0v) is 24.2. The molecule has 2 aromatic carbocycles. The van der Waals surface area contributed by atoms with E-state index in [9.17, 15) is 29.8 Å². The van der Waals surface area contributed by atoms with Crippen LogP contribution in [-0.4, -0.2) is 86.5 Å². The maximum Gasteiger partial charge on any atom is 0.259 e. The molecule has 1 amide bonds. The molecule has 2 heterocycles. The lowest BCUT2D eigenvalue weighted by atomic mass is 9.85. The van der Waals surface area contributed by atoms with Gasteiger partial charge in [0.05, 0.1) is 46.6 Å². The van der Waals surface area contributed by atoms with Crippen molar-refractivity contribution in [3.05, 3.63) is 63.0 Å². The highest BCUT2D eigenvalue weighted by molar-refractivity contribution is 6.42. The van der Waals surface area contributed by atoms with Crippen LogP contribution in [0.2, 0.25) is 15.1 Å². The molecular formula is C27H25Cl3FN5O6. The van der Waals surface area contributed by atoms with E-state index in [0.717, 1.165) is 6.07 Å². The first-order valence-electron chi connectivity index (χ1n) is 12.8. The van der Waals surface area contributed by atoms with E-state index in [2.05, 4.69) is 10.3 Å². The average Bonchev–Trinajstić information content (AvgIpc) is 3.46. The number of nitrogens with zero attached hydrogens (tertiary/aromatic N) is 5. The Morgan fingerprint density at radius 2 is 2.00 bits per heavy atom. The van der Waals surface area contributed by atoms with Gasteiger partial charge < -0.3 is 29.7 Å². The SMILES string of the molecule is CO[C@@H]1[C@@H](n2cc(-c3cc(F)c(Cl)c(Cl)c3)nn2)[C@@H](O)[C@@H](CO)O[C@H]1C(=O)N(c1cc(Cl)cc(C#N)c1)[C@@H]1CC[C@H]1O. The van der Waals surface area contributed by atoms with Gasteiger partial charge >= 0.3 is 0 Å². The quantitative estimate of drug-likeness (QED) is 0.331. The molecule has 1 aliphatic carbocycles. The topological polar surface area (TPSA) is 154 Å². The summed E-state index contributed by atoms with van der Waals surface area (Å²) in [5, 5.41) is 49.3. The average molecular weight is 641 g/mol. The lowest BCUT2D eigenvalue weighted by Crippen LogP contribution is -2.64. The van der Waals surface area contributed by atoms with Gasteiger partial charge in [0.15, 0.2) is 6.10 Å². The lowest BCUT2D eigenvalue weighted by molar-refractivity contribution is -0.211. The van der Waals surface area contributed by atoms with E-state index in [1.165, 1.54) is 47.2 Å². The Bertz CT molecular complexity index is 1510. The van der Waals surface area contributed by atoms with Gasteiger partial charge in [0.2, 0.25) is 0 Å². The molecule has 0 radical (unpaired) electrons. The van der Waals surface area contributed by atoms with Crippen LogP contribution in [0.1, 0.15) is 24.4 Å². The van der Waals surface area contributed by atoms with Crippen molar-refractivity contribution < 1.29 is 34.0 Å². The van der Waals surface area contributed by atoms with E-state index in [1.54, 1.807) is 0 Å². The normalized spacial score (nSPS) is 27.3. The van der Waals surface area contributed by atoms with Crippen LogP contribution in [-0.2, 0) is 14.3 Å². The summed E-state index contributed by atoms with van der Waals surface area (Å²) in [6, 6.07) is 7.18. The zero-order chi connectivity index (χ0) is 30.3. The maximum absolute atomic E-state index is 14.3.